The zero-order valence-electron chi connectivity index (χ0n) is 8.88. The summed E-state index contributed by atoms with van der Waals surface area (Å²) in [7, 11) is -3.41. The van der Waals surface area contributed by atoms with Crippen LogP contribution in [0.4, 0.5) is 6.01 Å². The van der Waals surface area contributed by atoms with Crippen molar-refractivity contribution in [2.24, 2.45) is 10.9 Å². The first-order chi connectivity index (χ1) is 7.38. The van der Waals surface area contributed by atoms with Crippen LogP contribution in [0.3, 0.4) is 0 Å². The Balaban J connectivity index is 2.32. The Bertz CT molecular complexity index is 427. The van der Waals surface area contributed by atoms with Gasteiger partial charge in [-0.05, 0) is 13.3 Å². The third-order valence-corrected chi connectivity index (χ3v) is 2.57. The zero-order chi connectivity index (χ0) is 12.2. The van der Waals surface area contributed by atoms with Crippen molar-refractivity contribution in [1.82, 2.24) is 10.2 Å². The van der Waals surface area contributed by atoms with Gasteiger partial charge in [-0.3, -0.25) is 0 Å². The summed E-state index contributed by atoms with van der Waals surface area (Å²) < 4.78 is 26.4. The molecular weight excluding hydrogens is 234 g/mol. The first-order valence-corrected chi connectivity index (χ1v) is 6.43. The van der Waals surface area contributed by atoms with Crippen LogP contribution in [0.15, 0.2) is 4.42 Å². The number of nitrogens with one attached hydrogen (secondary N) is 1. The number of rotatable bonds is 6. The van der Waals surface area contributed by atoms with Crippen LogP contribution in [-0.4, -0.2) is 30.9 Å². The first kappa shape index (κ1) is 12.9. The van der Waals surface area contributed by atoms with Crippen molar-refractivity contribution in [3.8, 4) is 0 Å². The molecule has 0 aliphatic heterocycles. The molecule has 1 heterocycles. The quantitative estimate of drug-likeness (QED) is 0.560. The third-order valence-electron chi connectivity index (χ3n) is 1.71. The lowest BCUT2D eigenvalue weighted by molar-refractivity contribution is 0.472. The fourth-order valence-electron chi connectivity index (χ4n) is 0.959. The molecular formula is C7H15N5O3S. The Morgan fingerprint density at radius 3 is 2.69 bits per heavy atom. The van der Waals surface area contributed by atoms with Crippen molar-refractivity contribution in [3.63, 3.8) is 0 Å². The molecule has 1 atom stereocenters. The summed E-state index contributed by atoms with van der Waals surface area (Å²) in [4.78, 5) is 0. The molecule has 9 heteroatoms. The lowest BCUT2D eigenvalue weighted by Crippen LogP contribution is -2.18. The first-order valence-electron chi connectivity index (χ1n) is 4.72. The Labute approximate surface area is 93.4 Å². The highest BCUT2D eigenvalue weighted by molar-refractivity contribution is 7.89. The van der Waals surface area contributed by atoms with Gasteiger partial charge in [0.15, 0.2) is 0 Å². The Hall–Kier alpha value is -1.19. The maximum atomic E-state index is 10.6. The highest BCUT2D eigenvalue weighted by Gasteiger charge is 2.09. The van der Waals surface area contributed by atoms with Crippen molar-refractivity contribution in [2.75, 3.05) is 17.6 Å². The number of aromatic nitrogens is 2. The van der Waals surface area contributed by atoms with Crippen molar-refractivity contribution in [1.29, 1.82) is 0 Å². The number of nitrogens with two attached hydrogens (primary N) is 2. The van der Waals surface area contributed by atoms with E-state index in [4.69, 9.17) is 15.3 Å². The highest BCUT2D eigenvalue weighted by Crippen LogP contribution is 2.10. The molecule has 0 spiro atoms. The van der Waals surface area contributed by atoms with E-state index in [0.29, 0.717) is 18.9 Å². The van der Waals surface area contributed by atoms with Crippen molar-refractivity contribution in [3.05, 3.63) is 5.89 Å². The van der Waals surface area contributed by atoms with E-state index in [1.165, 1.54) is 0 Å². The maximum absolute atomic E-state index is 10.6. The summed E-state index contributed by atoms with van der Waals surface area (Å²) in [5.74, 6) is 0.239. The summed E-state index contributed by atoms with van der Waals surface area (Å²) in [6.07, 6.45) is 0.370. The molecule has 0 aliphatic carbocycles. The van der Waals surface area contributed by atoms with E-state index in [1.807, 2.05) is 0 Å². The Morgan fingerprint density at radius 1 is 1.50 bits per heavy atom. The number of hydrogen-bond acceptors (Lipinski definition) is 7. The van der Waals surface area contributed by atoms with E-state index in [1.54, 1.807) is 6.92 Å². The number of hydrogen-bond donors (Lipinski definition) is 3. The molecule has 0 radical (unpaired) electrons. The van der Waals surface area contributed by atoms with E-state index < -0.39 is 10.0 Å². The Morgan fingerprint density at radius 2 is 2.19 bits per heavy atom. The smallest absolute Gasteiger partial charge is 0.315 e. The van der Waals surface area contributed by atoms with Gasteiger partial charge in [-0.25, -0.2) is 13.6 Å². The van der Waals surface area contributed by atoms with E-state index in [2.05, 4.69) is 15.5 Å². The maximum Gasteiger partial charge on any atom is 0.315 e. The van der Waals surface area contributed by atoms with Crippen LogP contribution >= 0.6 is 0 Å². The second-order valence-electron chi connectivity index (χ2n) is 3.38. The van der Waals surface area contributed by atoms with Crippen LogP contribution in [0.1, 0.15) is 25.3 Å². The molecule has 92 valence electrons. The minimum atomic E-state index is -3.41. The molecule has 1 unspecified atom stereocenters. The minimum Gasteiger partial charge on any atom is -0.406 e. The molecule has 16 heavy (non-hydrogen) atoms. The fourth-order valence-corrected chi connectivity index (χ4v) is 1.51. The van der Waals surface area contributed by atoms with Crippen LogP contribution < -0.4 is 16.2 Å². The minimum absolute atomic E-state index is 0.0890. The summed E-state index contributed by atoms with van der Waals surface area (Å²) in [5, 5.41) is 15.0. The van der Waals surface area contributed by atoms with Gasteiger partial charge in [0.05, 0.1) is 11.8 Å². The molecule has 0 fully saturated rings. The molecule has 8 nitrogen and oxygen atoms in total. The van der Waals surface area contributed by atoms with Gasteiger partial charge in [0.25, 0.3) is 0 Å². The standard InChI is InChI=1S/C7H15N5O3S/c1-5(8)6-11-12-7(15-6)10-3-2-4-16(9,13)14/h5H,2-4,8H2,1H3,(H,10,12)(H2,9,13,14). The predicted molar refractivity (Wildman–Crippen MR) is 58.0 cm³/mol. The largest absolute Gasteiger partial charge is 0.406 e. The van der Waals surface area contributed by atoms with E-state index in [0.717, 1.165) is 0 Å². The van der Waals surface area contributed by atoms with Gasteiger partial charge < -0.3 is 15.5 Å². The van der Waals surface area contributed by atoms with E-state index >= 15 is 0 Å². The Kier molecular flexibility index (Phi) is 4.21. The summed E-state index contributed by atoms with van der Waals surface area (Å²) in [6.45, 7) is 2.11. The normalized spacial score (nSPS) is 13.7. The number of nitrogens with zero attached hydrogens (tertiary/aromatic N) is 2. The summed E-state index contributed by atoms with van der Waals surface area (Å²) in [6, 6.07) is -0.103. The fraction of sp³-hybridized carbons (Fsp3) is 0.714. The average Bonchev–Trinajstić information content (AvgIpc) is 2.59. The molecule has 1 aromatic rings. The van der Waals surface area contributed by atoms with Gasteiger partial charge in [0.1, 0.15) is 0 Å². The van der Waals surface area contributed by atoms with Gasteiger partial charge in [-0.2, -0.15) is 0 Å². The lowest BCUT2D eigenvalue weighted by Gasteiger charge is -2.00. The summed E-state index contributed by atoms with van der Waals surface area (Å²) in [5.41, 5.74) is 5.52. The van der Waals surface area contributed by atoms with Crippen LogP contribution in [0.2, 0.25) is 0 Å². The van der Waals surface area contributed by atoms with E-state index in [-0.39, 0.29) is 17.8 Å². The number of primary sulfonamides is 1. The van der Waals surface area contributed by atoms with Crippen molar-refractivity contribution < 1.29 is 12.8 Å². The molecule has 0 saturated carbocycles. The molecule has 0 aromatic carbocycles. The second kappa shape index (κ2) is 5.23. The van der Waals surface area contributed by atoms with Gasteiger partial charge in [-0.1, -0.05) is 5.10 Å². The third kappa shape index (κ3) is 4.55. The molecule has 0 aliphatic rings. The molecule has 5 N–H and O–H groups in total. The number of anilines is 1. The molecule has 1 rings (SSSR count). The van der Waals surface area contributed by atoms with Crippen molar-refractivity contribution >= 4 is 16.0 Å². The highest BCUT2D eigenvalue weighted by atomic mass is 32.2. The monoisotopic (exact) mass is 249 g/mol. The van der Waals surface area contributed by atoms with Gasteiger partial charge in [0, 0.05) is 6.54 Å². The van der Waals surface area contributed by atoms with Crippen LogP contribution in [0, 0.1) is 0 Å². The molecule has 0 bridgehead atoms. The van der Waals surface area contributed by atoms with Gasteiger partial charge >= 0.3 is 6.01 Å². The van der Waals surface area contributed by atoms with E-state index in [9.17, 15) is 8.42 Å². The number of sulfonamides is 1. The second-order valence-corrected chi connectivity index (χ2v) is 5.12. The molecule has 0 amide bonds. The molecule has 0 saturated heterocycles. The average molecular weight is 249 g/mol. The summed E-state index contributed by atoms with van der Waals surface area (Å²) >= 11 is 0. The van der Waals surface area contributed by atoms with Crippen LogP contribution in [-0.2, 0) is 10.0 Å². The zero-order valence-corrected chi connectivity index (χ0v) is 9.70. The van der Waals surface area contributed by atoms with Crippen LogP contribution in [0.5, 0.6) is 0 Å². The SMILES string of the molecule is CC(N)c1nnc(NCCCS(N)(=O)=O)o1. The van der Waals surface area contributed by atoms with Crippen LogP contribution in [0.25, 0.3) is 0 Å². The lowest BCUT2D eigenvalue weighted by atomic mass is 10.4. The van der Waals surface area contributed by atoms with Crippen molar-refractivity contribution in [2.45, 2.75) is 19.4 Å². The topological polar surface area (TPSA) is 137 Å². The van der Waals surface area contributed by atoms with Gasteiger partial charge in [-0.15, -0.1) is 5.10 Å². The van der Waals surface area contributed by atoms with Gasteiger partial charge in [0.2, 0.25) is 15.9 Å². The molecule has 1 aromatic heterocycles. The predicted octanol–water partition coefficient (Wildman–Crippen LogP) is -0.820.